The van der Waals surface area contributed by atoms with Crippen molar-refractivity contribution in [2.75, 3.05) is 6.54 Å². The summed E-state index contributed by atoms with van der Waals surface area (Å²) in [5, 5.41) is 8.82. The van der Waals surface area contributed by atoms with Gasteiger partial charge in [0.15, 0.2) is 0 Å². The van der Waals surface area contributed by atoms with Crippen LogP contribution in [-0.4, -0.2) is 64.5 Å². The highest BCUT2D eigenvalue weighted by atomic mass is 32.2. The largest absolute Gasteiger partial charge is 0.322 e. The number of nitrogens with one attached hydrogen (secondary N) is 3. The number of hydrazine groups is 1. The van der Waals surface area contributed by atoms with E-state index in [0.717, 1.165) is 0 Å². The van der Waals surface area contributed by atoms with Crippen LogP contribution in [0.5, 0.6) is 0 Å². The molecule has 150 valence electrons. The molecule has 2 saturated heterocycles. The van der Waals surface area contributed by atoms with Crippen LogP contribution in [0.25, 0.3) is 0 Å². The summed E-state index contributed by atoms with van der Waals surface area (Å²) < 4.78 is 28.4. The minimum absolute atomic E-state index is 0.0323. The fourth-order valence-corrected chi connectivity index (χ4v) is 7.31. The Morgan fingerprint density at radius 3 is 2.63 bits per heavy atom. The van der Waals surface area contributed by atoms with E-state index in [9.17, 15) is 18.5 Å². The standard InChI is InChI=1S/C16H26N6O3S2/c1-3-21-12-5-4-11(27(24,25)20-16(9-17)6-7-16)8-13(12)22(15(21)23)14-19-18-10(2)26-14/h10-14,18-20H,3-8H2,1-2H3. The third kappa shape index (κ3) is 3.31. The Balaban J connectivity index is 1.55. The van der Waals surface area contributed by atoms with Crippen molar-refractivity contribution in [3.63, 3.8) is 0 Å². The average Bonchev–Trinajstić information content (AvgIpc) is 3.16. The molecule has 5 unspecified atom stereocenters. The van der Waals surface area contributed by atoms with E-state index in [2.05, 4.69) is 21.6 Å². The van der Waals surface area contributed by atoms with E-state index in [-0.39, 0.29) is 29.0 Å². The summed E-state index contributed by atoms with van der Waals surface area (Å²) in [6.45, 7) is 4.59. The first-order valence-corrected chi connectivity index (χ1v) is 12.0. The molecule has 4 rings (SSSR count). The number of carbonyl (C=O) groups excluding carboxylic acids is 1. The maximum absolute atomic E-state index is 13.0. The Labute approximate surface area is 164 Å². The molecule has 3 N–H and O–H groups in total. The highest BCUT2D eigenvalue weighted by Crippen LogP contribution is 2.41. The minimum Gasteiger partial charge on any atom is -0.320 e. The van der Waals surface area contributed by atoms with Crippen LogP contribution in [0, 0.1) is 11.3 Å². The molecule has 2 amide bonds. The van der Waals surface area contributed by atoms with Crippen LogP contribution in [0.2, 0.25) is 0 Å². The van der Waals surface area contributed by atoms with Gasteiger partial charge in [-0.25, -0.2) is 24.1 Å². The maximum Gasteiger partial charge on any atom is 0.322 e. The van der Waals surface area contributed by atoms with Crippen molar-refractivity contribution in [2.45, 2.75) is 79.7 Å². The molecule has 4 aliphatic rings. The number of amides is 2. The van der Waals surface area contributed by atoms with Gasteiger partial charge >= 0.3 is 6.03 Å². The predicted octanol–water partition coefficient (Wildman–Crippen LogP) is 0.480. The molecule has 9 nitrogen and oxygen atoms in total. The van der Waals surface area contributed by atoms with E-state index >= 15 is 0 Å². The molecular formula is C16H26N6O3S2. The van der Waals surface area contributed by atoms with Gasteiger partial charge in [0, 0.05) is 6.54 Å². The number of hydrogen-bond acceptors (Lipinski definition) is 7. The predicted molar refractivity (Wildman–Crippen MR) is 102 cm³/mol. The lowest BCUT2D eigenvalue weighted by molar-refractivity contribution is 0.170. The number of thioether (sulfide) groups is 1. The monoisotopic (exact) mass is 414 g/mol. The summed E-state index contributed by atoms with van der Waals surface area (Å²) in [7, 11) is -3.60. The number of nitriles is 1. The Morgan fingerprint density at radius 1 is 1.33 bits per heavy atom. The van der Waals surface area contributed by atoms with E-state index in [1.807, 2.05) is 23.6 Å². The lowest BCUT2D eigenvalue weighted by Gasteiger charge is -2.37. The van der Waals surface area contributed by atoms with E-state index in [4.69, 9.17) is 0 Å². The van der Waals surface area contributed by atoms with Crippen LogP contribution < -0.4 is 15.6 Å². The van der Waals surface area contributed by atoms with Gasteiger partial charge in [-0.05, 0) is 46.0 Å². The zero-order valence-corrected chi connectivity index (χ0v) is 17.1. The van der Waals surface area contributed by atoms with Crippen LogP contribution in [0.4, 0.5) is 4.79 Å². The van der Waals surface area contributed by atoms with Crippen molar-refractivity contribution in [1.29, 1.82) is 5.26 Å². The second-order valence-corrected chi connectivity index (χ2v) is 11.2. The third-order valence-electron chi connectivity index (χ3n) is 6.03. The van der Waals surface area contributed by atoms with Gasteiger partial charge in [-0.1, -0.05) is 0 Å². The van der Waals surface area contributed by atoms with Crippen LogP contribution in [-0.2, 0) is 10.0 Å². The normalized spacial score (nSPS) is 38.0. The zero-order chi connectivity index (χ0) is 19.4. The number of hydrogen-bond donors (Lipinski definition) is 3. The molecule has 11 heteroatoms. The Kier molecular flexibility index (Phi) is 4.83. The van der Waals surface area contributed by atoms with Gasteiger partial charge in [0.05, 0.1) is 28.8 Å². The molecule has 0 aromatic heterocycles. The molecule has 0 aromatic carbocycles. The van der Waals surface area contributed by atoms with E-state index in [0.29, 0.717) is 38.6 Å². The molecule has 2 heterocycles. The molecule has 0 aromatic rings. The number of rotatable bonds is 5. The lowest BCUT2D eigenvalue weighted by Crippen LogP contribution is -2.53. The van der Waals surface area contributed by atoms with Crippen LogP contribution in [0.3, 0.4) is 0 Å². The average molecular weight is 415 g/mol. The van der Waals surface area contributed by atoms with Gasteiger partial charge in [-0.3, -0.25) is 4.90 Å². The second kappa shape index (κ2) is 6.77. The highest BCUT2D eigenvalue weighted by Gasteiger charge is 2.54. The SMILES string of the molecule is CCN1C(=O)N(C2NNC(C)S2)C2CC(S(=O)(=O)NC3(C#N)CC3)CCC21. The van der Waals surface area contributed by atoms with Crippen molar-refractivity contribution >= 4 is 27.8 Å². The molecule has 0 radical (unpaired) electrons. The van der Waals surface area contributed by atoms with Crippen LogP contribution in [0.1, 0.15) is 46.0 Å². The maximum atomic E-state index is 13.0. The molecule has 2 aliphatic heterocycles. The topological polar surface area (TPSA) is 118 Å². The summed E-state index contributed by atoms with van der Waals surface area (Å²) in [6, 6.07) is 1.95. The number of fused-ring (bicyclic) bond motifs is 1. The third-order valence-corrected chi connectivity index (χ3v) is 9.14. The number of likely N-dealkylation sites (N-methyl/N-ethyl adjacent to an activating group) is 1. The zero-order valence-electron chi connectivity index (χ0n) is 15.5. The first-order valence-electron chi connectivity index (χ1n) is 9.50. The number of sulfonamides is 1. The molecule has 0 bridgehead atoms. The molecule has 5 atom stereocenters. The summed E-state index contributed by atoms with van der Waals surface area (Å²) in [4.78, 5) is 16.7. The van der Waals surface area contributed by atoms with Gasteiger partial charge in [-0.2, -0.15) is 9.98 Å². The van der Waals surface area contributed by atoms with E-state index in [1.54, 1.807) is 11.8 Å². The van der Waals surface area contributed by atoms with Gasteiger partial charge in [0.1, 0.15) is 11.0 Å². The molecule has 2 aliphatic carbocycles. The highest BCUT2D eigenvalue weighted by molar-refractivity contribution is 8.00. The second-order valence-electron chi connectivity index (χ2n) is 7.81. The molecule has 27 heavy (non-hydrogen) atoms. The summed E-state index contributed by atoms with van der Waals surface area (Å²) in [5.74, 6) is 0. The fourth-order valence-electron chi connectivity index (χ4n) is 4.42. The van der Waals surface area contributed by atoms with Crippen LogP contribution in [0.15, 0.2) is 0 Å². The fraction of sp³-hybridized carbons (Fsp3) is 0.875. The quantitative estimate of drug-likeness (QED) is 0.599. The van der Waals surface area contributed by atoms with Gasteiger partial charge in [0.2, 0.25) is 10.0 Å². The van der Waals surface area contributed by atoms with Gasteiger partial charge < -0.3 is 4.90 Å². The van der Waals surface area contributed by atoms with Gasteiger partial charge in [0.25, 0.3) is 0 Å². The van der Waals surface area contributed by atoms with E-state index < -0.39 is 20.8 Å². The molecule has 0 spiro atoms. The number of nitrogens with zero attached hydrogens (tertiary/aromatic N) is 3. The van der Waals surface area contributed by atoms with Crippen molar-refractivity contribution in [2.24, 2.45) is 0 Å². The molecular weight excluding hydrogens is 388 g/mol. The van der Waals surface area contributed by atoms with Crippen LogP contribution >= 0.6 is 11.8 Å². The Bertz CT molecular complexity index is 765. The summed E-state index contributed by atoms with van der Waals surface area (Å²) in [5.41, 5.74) is 5.16. The Hall–Kier alpha value is -1.06. The summed E-state index contributed by atoms with van der Waals surface area (Å²) in [6.07, 6.45) is 2.71. The molecule has 2 saturated carbocycles. The van der Waals surface area contributed by atoms with E-state index in [1.165, 1.54) is 0 Å². The summed E-state index contributed by atoms with van der Waals surface area (Å²) >= 11 is 1.62. The van der Waals surface area contributed by atoms with Gasteiger partial charge in [-0.15, -0.1) is 11.8 Å². The Morgan fingerprint density at radius 2 is 2.07 bits per heavy atom. The van der Waals surface area contributed by atoms with Crippen molar-refractivity contribution < 1.29 is 13.2 Å². The first-order chi connectivity index (χ1) is 12.8. The van der Waals surface area contributed by atoms with Crippen molar-refractivity contribution in [1.82, 2.24) is 25.4 Å². The smallest absolute Gasteiger partial charge is 0.320 e. The minimum atomic E-state index is -3.60. The number of carbonyl (C=O) groups is 1. The van der Waals surface area contributed by atoms with Crippen molar-refractivity contribution in [3.8, 4) is 6.07 Å². The lowest BCUT2D eigenvalue weighted by atomic mass is 9.90. The first kappa shape index (κ1) is 19.3. The van der Waals surface area contributed by atoms with Crippen molar-refractivity contribution in [3.05, 3.63) is 0 Å². The number of urea groups is 1. The molecule has 4 fully saturated rings.